The van der Waals surface area contributed by atoms with Crippen molar-refractivity contribution >= 4 is 28.8 Å². The third-order valence-electron chi connectivity index (χ3n) is 2.54. The molecule has 0 amide bonds. The van der Waals surface area contributed by atoms with E-state index in [-0.39, 0.29) is 6.61 Å². The highest BCUT2D eigenvalue weighted by molar-refractivity contribution is 6.32. The van der Waals surface area contributed by atoms with E-state index in [1.54, 1.807) is 35.0 Å². The fraction of sp³-hybridized carbons (Fsp3) is 0.0769. The Balaban J connectivity index is 1.80. The van der Waals surface area contributed by atoms with Crippen molar-refractivity contribution in [2.45, 2.75) is 6.61 Å². The van der Waals surface area contributed by atoms with Crippen LogP contribution in [0.5, 0.6) is 5.75 Å². The lowest BCUT2D eigenvalue weighted by atomic mass is 10.3. The van der Waals surface area contributed by atoms with E-state index in [1.807, 2.05) is 12.1 Å². The molecule has 1 aromatic carbocycles. The molecule has 0 aliphatic carbocycles. The van der Waals surface area contributed by atoms with Gasteiger partial charge < -0.3 is 4.74 Å². The van der Waals surface area contributed by atoms with Gasteiger partial charge in [-0.15, -0.1) is 5.10 Å². The third kappa shape index (κ3) is 2.64. The molecule has 3 aromatic rings. The lowest BCUT2D eigenvalue weighted by Crippen LogP contribution is -1.98. The molecule has 0 aliphatic rings. The maximum atomic E-state index is 6.00. The molecule has 0 saturated heterocycles. The van der Waals surface area contributed by atoms with E-state index in [0.717, 1.165) is 0 Å². The van der Waals surface area contributed by atoms with Crippen LogP contribution in [-0.2, 0) is 6.61 Å². The second-order valence-electron chi connectivity index (χ2n) is 3.89. The molecule has 3 rings (SSSR count). The highest BCUT2D eigenvalue weighted by Crippen LogP contribution is 2.23. The SMILES string of the molecule is Clc1ccn2nc(COc3ccccc3Cl)nc2c1. The van der Waals surface area contributed by atoms with Crippen LogP contribution in [0.3, 0.4) is 0 Å². The molecule has 0 spiro atoms. The molecule has 0 radical (unpaired) electrons. The summed E-state index contributed by atoms with van der Waals surface area (Å²) < 4.78 is 7.23. The number of hydrogen-bond donors (Lipinski definition) is 0. The zero-order chi connectivity index (χ0) is 13.2. The molecule has 2 aromatic heterocycles. The summed E-state index contributed by atoms with van der Waals surface area (Å²) in [5.74, 6) is 1.18. The molecular weight excluding hydrogens is 285 g/mol. The summed E-state index contributed by atoms with van der Waals surface area (Å²) in [7, 11) is 0. The average molecular weight is 294 g/mol. The smallest absolute Gasteiger partial charge is 0.189 e. The first kappa shape index (κ1) is 12.3. The number of aromatic nitrogens is 3. The maximum Gasteiger partial charge on any atom is 0.189 e. The molecule has 0 aliphatic heterocycles. The monoisotopic (exact) mass is 293 g/mol. The minimum absolute atomic E-state index is 0.253. The summed E-state index contributed by atoms with van der Waals surface area (Å²) in [4.78, 5) is 4.32. The van der Waals surface area contributed by atoms with Crippen LogP contribution >= 0.6 is 23.2 Å². The molecule has 0 N–H and O–H groups in total. The summed E-state index contributed by atoms with van der Waals surface area (Å²) >= 11 is 11.9. The highest BCUT2D eigenvalue weighted by Gasteiger charge is 2.06. The Morgan fingerprint density at radius 2 is 2.00 bits per heavy atom. The predicted molar refractivity (Wildman–Crippen MR) is 73.8 cm³/mol. The average Bonchev–Trinajstić information content (AvgIpc) is 2.79. The summed E-state index contributed by atoms with van der Waals surface area (Å²) in [6.45, 7) is 0.253. The summed E-state index contributed by atoms with van der Waals surface area (Å²) in [5.41, 5.74) is 0.685. The van der Waals surface area contributed by atoms with E-state index in [4.69, 9.17) is 27.9 Å². The topological polar surface area (TPSA) is 39.4 Å². The first-order chi connectivity index (χ1) is 9.22. The Bertz CT molecular complexity index is 727. The van der Waals surface area contributed by atoms with Gasteiger partial charge in [-0.25, -0.2) is 9.50 Å². The van der Waals surface area contributed by atoms with Crippen LogP contribution in [0, 0.1) is 0 Å². The minimum atomic E-state index is 0.253. The van der Waals surface area contributed by atoms with Crippen LogP contribution in [0.4, 0.5) is 0 Å². The largest absolute Gasteiger partial charge is 0.484 e. The van der Waals surface area contributed by atoms with Gasteiger partial charge in [-0.2, -0.15) is 0 Å². The van der Waals surface area contributed by atoms with Gasteiger partial charge in [0.05, 0.1) is 5.02 Å². The number of hydrogen-bond acceptors (Lipinski definition) is 3. The normalized spacial score (nSPS) is 10.8. The van der Waals surface area contributed by atoms with Gasteiger partial charge in [0.15, 0.2) is 11.5 Å². The van der Waals surface area contributed by atoms with E-state index in [9.17, 15) is 0 Å². The highest BCUT2D eigenvalue weighted by atomic mass is 35.5. The molecule has 0 unspecified atom stereocenters. The Kier molecular flexibility index (Phi) is 3.27. The molecular formula is C13H9Cl2N3O. The van der Waals surface area contributed by atoms with E-state index in [0.29, 0.717) is 27.3 Å². The van der Waals surface area contributed by atoms with Gasteiger partial charge in [0.25, 0.3) is 0 Å². The molecule has 2 heterocycles. The van der Waals surface area contributed by atoms with Gasteiger partial charge in [0.2, 0.25) is 0 Å². The first-order valence-electron chi connectivity index (χ1n) is 5.60. The van der Waals surface area contributed by atoms with E-state index < -0.39 is 0 Å². The number of para-hydroxylation sites is 1. The zero-order valence-electron chi connectivity index (χ0n) is 9.75. The van der Waals surface area contributed by atoms with Crippen LogP contribution in [0.25, 0.3) is 5.65 Å². The molecule has 0 fully saturated rings. The Morgan fingerprint density at radius 1 is 1.16 bits per heavy atom. The number of pyridine rings is 1. The number of benzene rings is 1. The molecule has 96 valence electrons. The number of fused-ring (bicyclic) bond motifs is 1. The lowest BCUT2D eigenvalue weighted by molar-refractivity contribution is 0.296. The first-order valence-corrected chi connectivity index (χ1v) is 6.36. The van der Waals surface area contributed by atoms with Crippen molar-refractivity contribution in [1.29, 1.82) is 0 Å². The quantitative estimate of drug-likeness (QED) is 0.740. The molecule has 19 heavy (non-hydrogen) atoms. The van der Waals surface area contributed by atoms with Gasteiger partial charge in [-0.3, -0.25) is 0 Å². The van der Waals surface area contributed by atoms with Crippen LogP contribution < -0.4 is 4.74 Å². The molecule has 6 heteroatoms. The maximum absolute atomic E-state index is 6.00. The second-order valence-corrected chi connectivity index (χ2v) is 4.74. The van der Waals surface area contributed by atoms with Crippen molar-refractivity contribution in [2.75, 3.05) is 0 Å². The third-order valence-corrected chi connectivity index (χ3v) is 3.08. The van der Waals surface area contributed by atoms with Gasteiger partial charge >= 0.3 is 0 Å². The fourth-order valence-electron chi connectivity index (χ4n) is 1.67. The molecule has 0 atom stereocenters. The van der Waals surface area contributed by atoms with Crippen LogP contribution in [0.15, 0.2) is 42.6 Å². The number of rotatable bonds is 3. The van der Waals surface area contributed by atoms with Crippen molar-refractivity contribution in [3.05, 3.63) is 58.5 Å². The van der Waals surface area contributed by atoms with Gasteiger partial charge in [0, 0.05) is 17.3 Å². The predicted octanol–water partition coefficient (Wildman–Crippen LogP) is 3.62. The molecule has 0 saturated carbocycles. The Morgan fingerprint density at radius 3 is 2.84 bits per heavy atom. The van der Waals surface area contributed by atoms with Crippen LogP contribution in [-0.4, -0.2) is 14.6 Å². The van der Waals surface area contributed by atoms with Gasteiger partial charge in [-0.1, -0.05) is 35.3 Å². The van der Waals surface area contributed by atoms with E-state index in [2.05, 4.69) is 10.1 Å². The van der Waals surface area contributed by atoms with Crippen molar-refractivity contribution < 1.29 is 4.74 Å². The van der Waals surface area contributed by atoms with Crippen molar-refractivity contribution in [2.24, 2.45) is 0 Å². The fourth-order valence-corrected chi connectivity index (χ4v) is 2.01. The Hall–Kier alpha value is -1.78. The lowest BCUT2D eigenvalue weighted by Gasteiger charge is -2.04. The van der Waals surface area contributed by atoms with Crippen molar-refractivity contribution in [3.63, 3.8) is 0 Å². The summed E-state index contributed by atoms with van der Waals surface area (Å²) in [5, 5.41) is 5.47. The Labute approximate surface area is 119 Å². The minimum Gasteiger partial charge on any atom is -0.484 e. The van der Waals surface area contributed by atoms with Crippen molar-refractivity contribution in [1.82, 2.24) is 14.6 Å². The van der Waals surface area contributed by atoms with E-state index >= 15 is 0 Å². The van der Waals surface area contributed by atoms with Crippen molar-refractivity contribution in [3.8, 4) is 5.75 Å². The molecule has 4 nitrogen and oxygen atoms in total. The number of halogens is 2. The number of nitrogens with zero attached hydrogens (tertiary/aromatic N) is 3. The standard InChI is InChI=1S/C13H9Cl2N3O/c14-9-5-6-18-13(7-9)16-12(17-18)8-19-11-4-2-1-3-10(11)15/h1-7H,8H2. The second kappa shape index (κ2) is 5.07. The zero-order valence-corrected chi connectivity index (χ0v) is 11.3. The summed E-state index contributed by atoms with van der Waals surface area (Å²) in [6, 6.07) is 10.8. The van der Waals surface area contributed by atoms with E-state index in [1.165, 1.54) is 0 Å². The van der Waals surface area contributed by atoms with Crippen LogP contribution in [0.1, 0.15) is 5.82 Å². The number of ether oxygens (including phenoxy) is 1. The van der Waals surface area contributed by atoms with Gasteiger partial charge in [-0.05, 0) is 18.2 Å². The van der Waals surface area contributed by atoms with Gasteiger partial charge in [0.1, 0.15) is 12.4 Å². The molecule has 0 bridgehead atoms. The summed E-state index contributed by atoms with van der Waals surface area (Å²) in [6.07, 6.45) is 1.75. The van der Waals surface area contributed by atoms with Crippen LogP contribution in [0.2, 0.25) is 10.0 Å².